The van der Waals surface area contributed by atoms with E-state index in [1.807, 2.05) is 0 Å². The SMILES string of the molecule is CCOC(=O)Cn1nnnc1C(NCC1CCCC(CN)C1)c1cc(OC)c(OC)cc1[N+](=O)[O-]. The molecule has 13 heteroatoms. The number of carbonyl (C=O) groups excluding carboxylic acids is 1. The Morgan fingerprint density at radius 3 is 2.66 bits per heavy atom. The van der Waals surface area contributed by atoms with Crippen molar-refractivity contribution in [3.63, 3.8) is 0 Å². The fourth-order valence-electron chi connectivity index (χ4n) is 4.56. The van der Waals surface area contributed by atoms with Crippen molar-refractivity contribution in [2.75, 3.05) is 33.9 Å². The van der Waals surface area contributed by atoms with Gasteiger partial charge in [0, 0.05) is 0 Å². The maximum absolute atomic E-state index is 12.1. The Balaban J connectivity index is 2.02. The molecule has 1 aliphatic rings. The number of nitro groups is 1. The van der Waals surface area contributed by atoms with Crippen LogP contribution in [-0.4, -0.2) is 65.0 Å². The van der Waals surface area contributed by atoms with Gasteiger partial charge in [0.15, 0.2) is 17.3 Å². The summed E-state index contributed by atoms with van der Waals surface area (Å²) in [7, 11) is 2.86. The molecule has 1 aliphatic carbocycles. The second-order valence-electron chi connectivity index (χ2n) is 8.50. The highest BCUT2D eigenvalue weighted by Crippen LogP contribution is 2.39. The molecule has 1 heterocycles. The molecule has 0 amide bonds. The average molecular weight is 492 g/mol. The molecule has 1 aromatic heterocycles. The summed E-state index contributed by atoms with van der Waals surface area (Å²) >= 11 is 0. The zero-order valence-electron chi connectivity index (χ0n) is 20.3. The minimum Gasteiger partial charge on any atom is -0.493 e. The second-order valence-corrected chi connectivity index (χ2v) is 8.50. The highest BCUT2D eigenvalue weighted by Gasteiger charge is 2.32. The third kappa shape index (κ3) is 6.42. The first-order valence-corrected chi connectivity index (χ1v) is 11.7. The van der Waals surface area contributed by atoms with Gasteiger partial charge in [0.25, 0.3) is 5.69 Å². The number of nitrogens with one attached hydrogen (secondary N) is 1. The molecule has 1 fully saturated rings. The van der Waals surface area contributed by atoms with E-state index >= 15 is 0 Å². The van der Waals surface area contributed by atoms with Crippen LogP contribution in [0, 0.1) is 22.0 Å². The second kappa shape index (κ2) is 12.4. The van der Waals surface area contributed by atoms with Gasteiger partial charge in [-0.15, -0.1) is 5.10 Å². The normalized spacial score (nSPS) is 18.6. The van der Waals surface area contributed by atoms with Crippen LogP contribution in [0.15, 0.2) is 12.1 Å². The summed E-state index contributed by atoms with van der Waals surface area (Å²) in [6.07, 6.45) is 4.18. The monoisotopic (exact) mass is 491 g/mol. The minimum absolute atomic E-state index is 0.186. The number of nitro benzene ring substituents is 1. The molecule has 3 N–H and O–H groups in total. The Bertz CT molecular complexity index is 1010. The zero-order valence-corrected chi connectivity index (χ0v) is 20.3. The van der Waals surface area contributed by atoms with Crippen molar-refractivity contribution < 1.29 is 23.9 Å². The summed E-state index contributed by atoms with van der Waals surface area (Å²) in [5.41, 5.74) is 6.00. The lowest BCUT2D eigenvalue weighted by Gasteiger charge is -2.30. The number of rotatable bonds is 12. The Hall–Kier alpha value is -3.32. The topological polar surface area (TPSA) is 170 Å². The van der Waals surface area contributed by atoms with Crippen molar-refractivity contribution in [2.24, 2.45) is 17.6 Å². The number of aromatic nitrogens is 4. The van der Waals surface area contributed by atoms with Gasteiger partial charge < -0.3 is 25.3 Å². The number of tetrazole rings is 1. The summed E-state index contributed by atoms with van der Waals surface area (Å²) < 4.78 is 17.0. The first-order chi connectivity index (χ1) is 16.9. The molecule has 1 saturated carbocycles. The summed E-state index contributed by atoms with van der Waals surface area (Å²) in [5.74, 6) is 1.09. The number of hydrogen-bond acceptors (Lipinski definition) is 11. The van der Waals surface area contributed by atoms with Crippen LogP contribution < -0.4 is 20.5 Å². The number of carbonyl (C=O) groups is 1. The molecule has 1 aromatic carbocycles. The summed E-state index contributed by atoms with van der Waals surface area (Å²) in [6, 6.07) is 2.06. The van der Waals surface area contributed by atoms with E-state index in [0.29, 0.717) is 36.2 Å². The van der Waals surface area contributed by atoms with Crippen molar-refractivity contribution in [3.8, 4) is 11.5 Å². The van der Waals surface area contributed by atoms with Crippen LogP contribution in [0.3, 0.4) is 0 Å². The molecule has 0 spiro atoms. The summed E-state index contributed by atoms with van der Waals surface area (Å²) in [5, 5.41) is 27.2. The highest BCUT2D eigenvalue weighted by molar-refractivity contribution is 5.69. The van der Waals surface area contributed by atoms with Gasteiger partial charge in [-0.25, -0.2) is 4.68 Å². The first-order valence-electron chi connectivity index (χ1n) is 11.7. The highest BCUT2D eigenvalue weighted by atomic mass is 16.6. The number of hydrogen-bond donors (Lipinski definition) is 2. The molecule has 3 atom stereocenters. The van der Waals surface area contributed by atoms with Crippen LogP contribution in [-0.2, 0) is 16.1 Å². The lowest BCUT2D eigenvalue weighted by molar-refractivity contribution is -0.385. The van der Waals surface area contributed by atoms with Gasteiger partial charge in [-0.05, 0) is 67.6 Å². The molecule has 192 valence electrons. The molecule has 13 nitrogen and oxygen atoms in total. The molecule has 0 radical (unpaired) electrons. The Kier molecular flexibility index (Phi) is 9.32. The van der Waals surface area contributed by atoms with Crippen LogP contribution in [0.1, 0.15) is 50.0 Å². The maximum Gasteiger partial charge on any atom is 0.327 e. The number of nitrogens with zero attached hydrogens (tertiary/aromatic N) is 5. The number of methoxy groups -OCH3 is 2. The number of benzene rings is 1. The predicted molar refractivity (Wildman–Crippen MR) is 125 cm³/mol. The van der Waals surface area contributed by atoms with E-state index < -0.39 is 16.9 Å². The van der Waals surface area contributed by atoms with Crippen molar-refractivity contribution in [1.82, 2.24) is 25.5 Å². The first kappa shape index (κ1) is 26.3. The third-order valence-electron chi connectivity index (χ3n) is 6.28. The van der Waals surface area contributed by atoms with Crippen LogP contribution in [0.2, 0.25) is 0 Å². The van der Waals surface area contributed by atoms with Gasteiger partial charge in [0.1, 0.15) is 12.6 Å². The van der Waals surface area contributed by atoms with Gasteiger partial charge in [0.05, 0.1) is 37.4 Å². The molecule has 3 unspecified atom stereocenters. The molecule has 0 bridgehead atoms. The lowest BCUT2D eigenvalue weighted by atomic mass is 9.81. The van der Waals surface area contributed by atoms with Gasteiger partial charge in [-0.2, -0.15) is 0 Å². The van der Waals surface area contributed by atoms with Crippen molar-refractivity contribution in [1.29, 1.82) is 0 Å². The van der Waals surface area contributed by atoms with Gasteiger partial charge in [-0.3, -0.25) is 14.9 Å². The molecule has 0 saturated heterocycles. The van der Waals surface area contributed by atoms with Crippen LogP contribution in [0.4, 0.5) is 5.69 Å². The standard InChI is InChI=1S/C22H33N7O6/c1-4-35-20(30)13-28-22(25-26-27-28)21(24-12-15-7-5-6-14(8-15)11-23)16-9-18(33-2)19(34-3)10-17(16)29(31)32/h9-10,14-15,21,24H,4-8,11-13,23H2,1-3H3. The van der Waals surface area contributed by atoms with Crippen molar-refractivity contribution in [3.05, 3.63) is 33.6 Å². The van der Waals surface area contributed by atoms with E-state index in [9.17, 15) is 14.9 Å². The van der Waals surface area contributed by atoms with E-state index in [1.165, 1.54) is 25.0 Å². The van der Waals surface area contributed by atoms with Crippen LogP contribution in [0.5, 0.6) is 11.5 Å². The Labute approximate surface area is 203 Å². The van der Waals surface area contributed by atoms with E-state index in [0.717, 1.165) is 25.7 Å². The van der Waals surface area contributed by atoms with Crippen LogP contribution in [0.25, 0.3) is 0 Å². The molecular weight excluding hydrogens is 458 g/mol. The fraction of sp³-hybridized carbons (Fsp3) is 0.636. The smallest absolute Gasteiger partial charge is 0.327 e. The fourth-order valence-corrected chi connectivity index (χ4v) is 4.56. The quantitative estimate of drug-likeness (QED) is 0.251. The largest absolute Gasteiger partial charge is 0.493 e. The third-order valence-corrected chi connectivity index (χ3v) is 6.28. The molecular formula is C22H33N7O6. The lowest BCUT2D eigenvalue weighted by Crippen LogP contribution is -2.34. The number of esters is 1. The van der Waals surface area contributed by atoms with Gasteiger partial charge in [0.2, 0.25) is 0 Å². The Morgan fingerprint density at radius 1 is 1.29 bits per heavy atom. The molecule has 0 aliphatic heterocycles. The Morgan fingerprint density at radius 2 is 2.00 bits per heavy atom. The maximum atomic E-state index is 12.1. The number of ether oxygens (including phenoxy) is 3. The molecule has 35 heavy (non-hydrogen) atoms. The van der Waals surface area contributed by atoms with Crippen molar-refractivity contribution in [2.45, 2.75) is 45.2 Å². The van der Waals surface area contributed by atoms with E-state index in [4.69, 9.17) is 19.9 Å². The summed E-state index contributed by atoms with van der Waals surface area (Å²) in [6.45, 7) is 2.89. The molecule has 3 rings (SSSR count). The van der Waals surface area contributed by atoms with E-state index in [-0.39, 0.29) is 30.4 Å². The molecule has 2 aromatic rings. The van der Waals surface area contributed by atoms with E-state index in [1.54, 1.807) is 13.0 Å². The average Bonchev–Trinajstić information content (AvgIpc) is 3.31. The minimum atomic E-state index is -0.794. The van der Waals surface area contributed by atoms with Crippen molar-refractivity contribution >= 4 is 11.7 Å². The predicted octanol–water partition coefficient (Wildman–Crippen LogP) is 1.61. The van der Waals surface area contributed by atoms with Gasteiger partial charge >= 0.3 is 5.97 Å². The van der Waals surface area contributed by atoms with E-state index in [2.05, 4.69) is 20.8 Å². The zero-order chi connectivity index (χ0) is 25.4. The van der Waals surface area contributed by atoms with Crippen LogP contribution >= 0.6 is 0 Å². The number of nitrogens with two attached hydrogens (primary N) is 1. The summed E-state index contributed by atoms with van der Waals surface area (Å²) in [4.78, 5) is 23.7. The van der Waals surface area contributed by atoms with Gasteiger partial charge in [-0.1, -0.05) is 6.42 Å².